The van der Waals surface area contributed by atoms with Gasteiger partial charge in [-0.1, -0.05) is 25.5 Å². The molecule has 0 saturated heterocycles. The summed E-state index contributed by atoms with van der Waals surface area (Å²) in [5.41, 5.74) is 1.85. The fourth-order valence-corrected chi connectivity index (χ4v) is 2.74. The van der Waals surface area contributed by atoms with Gasteiger partial charge in [0.2, 0.25) is 10.0 Å². The fraction of sp³-hybridized carbons (Fsp3) is 0.538. The van der Waals surface area contributed by atoms with E-state index in [1.165, 1.54) is 5.56 Å². The smallest absolute Gasteiger partial charge is 0.236 e. The molecule has 0 amide bonds. The van der Waals surface area contributed by atoms with Crippen LogP contribution in [0.1, 0.15) is 25.8 Å². The lowest BCUT2D eigenvalue weighted by atomic mass is 10.1. The van der Waals surface area contributed by atoms with Crippen LogP contribution in [0.15, 0.2) is 24.3 Å². The van der Waals surface area contributed by atoms with Gasteiger partial charge >= 0.3 is 0 Å². The maximum atomic E-state index is 11.9. The molecule has 0 bridgehead atoms. The van der Waals surface area contributed by atoms with E-state index in [4.69, 9.17) is 0 Å². The Morgan fingerprint density at radius 1 is 1.22 bits per heavy atom. The van der Waals surface area contributed by atoms with Crippen LogP contribution in [0.5, 0.6) is 0 Å². The van der Waals surface area contributed by atoms with Crippen molar-refractivity contribution in [3.63, 3.8) is 0 Å². The number of sulfonamides is 1. The maximum absolute atomic E-state index is 11.9. The third-order valence-corrected chi connectivity index (χ3v) is 4.52. The molecular formula is C13H22N2O2S. The van der Waals surface area contributed by atoms with Crippen molar-refractivity contribution in [3.8, 4) is 0 Å². The second kappa shape index (κ2) is 6.75. The third kappa shape index (κ3) is 4.31. The third-order valence-electron chi connectivity index (χ3n) is 2.77. The van der Waals surface area contributed by atoms with Gasteiger partial charge in [0.05, 0.1) is 5.25 Å². The van der Waals surface area contributed by atoms with Crippen LogP contribution in [-0.2, 0) is 16.4 Å². The first kappa shape index (κ1) is 15.0. The SMILES string of the molecule is CCCc1ccc(NS(=O)(=O)C(C)CNC)cc1. The van der Waals surface area contributed by atoms with Crippen LogP contribution in [0.3, 0.4) is 0 Å². The number of rotatable bonds is 7. The van der Waals surface area contributed by atoms with Crippen molar-refractivity contribution in [2.45, 2.75) is 31.9 Å². The van der Waals surface area contributed by atoms with Crippen LogP contribution >= 0.6 is 0 Å². The topological polar surface area (TPSA) is 58.2 Å². The van der Waals surface area contributed by atoms with E-state index in [-0.39, 0.29) is 0 Å². The highest BCUT2D eigenvalue weighted by atomic mass is 32.2. The Kier molecular flexibility index (Phi) is 5.62. The van der Waals surface area contributed by atoms with Crippen molar-refractivity contribution in [2.24, 2.45) is 0 Å². The first-order valence-electron chi connectivity index (χ1n) is 6.24. The summed E-state index contributed by atoms with van der Waals surface area (Å²) in [5.74, 6) is 0. The van der Waals surface area contributed by atoms with Crippen LogP contribution in [0, 0.1) is 0 Å². The Bertz CT molecular complexity index is 454. The van der Waals surface area contributed by atoms with Crippen LogP contribution < -0.4 is 10.0 Å². The normalized spacial score (nSPS) is 13.3. The average molecular weight is 270 g/mol. The number of anilines is 1. The van der Waals surface area contributed by atoms with Crippen molar-refractivity contribution >= 4 is 15.7 Å². The minimum absolute atomic E-state index is 0.434. The predicted octanol–water partition coefficient (Wildman–Crippen LogP) is 1.99. The summed E-state index contributed by atoms with van der Waals surface area (Å²) in [7, 11) is -1.57. The zero-order valence-corrected chi connectivity index (χ0v) is 12.0. The van der Waals surface area contributed by atoms with Gasteiger partial charge in [0.15, 0.2) is 0 Å². The lowest BCUT2D eigenvalue weighted by Crippen LogP contribution is -2.33. The summed E-state index contributed by atoms with van der Waals surface area (Å²) in [4.78, 5) is 0. The quantitative estimate of drug-likeness (QED) is 0.796. The number of hydrogen-bond donors (Lipinski definition) is 2. The Morgan fingerprint density at radius 3 is 2.33 bits per heavy atom. The van der Waals surface area contributed by atoms with Gasteiger partial charge in [-0.2, -0.15) is 0 Å². The molecule has 4 nitrogen and oxygen atoms in total. The Balaban J connectivity index is 2.72. The molecule has 0 spiro atoms. The Morgan fingerprint density at radius 2 is 1.83 bits per heavy atom. The molecule has 0 aliphatic rings. The molecule has 0 aromatic heterocycles. The number of hydrogen-bond acceptors (Lipinski definition) is 3. The molecule has 18 heavy (non-hydrogen) atoms. The second-order valence-electron chi connectivity index (χ2n) is 4.46. The second-order valence-corrected chi connectivity index (χ2v) is 6.56. The Hall–Kier alpha value is -1.07. The van der Waals surface area contributed by atoms with Gasteiger partial charge in [-0.05, 0) is 38.1 Å². The minimum Gasteiger partial charge on any atom is -0.318 e. The average Bonchev–Trinajstić information content (AvgIpc) is 2.32. The number of aryl methyl sites for hydroxylation is 1. The molecule has 1 rings (SSSR count). The van der Waals surface area contributed by atoms with Gasteiger partial charge in [-0.3, -0.25) is 4.72 Å². The number of nitrogens with one attached hydrogen (secondary N) is 2. The molecule has 0 radical (unpaired) electrons. The summed E-state index contributed by atoms with van der Waals surface area (Å²) in [6.07, 6.45) is 2.10. The fourth-order valence-electron chi connectivity index (χ4n) is 1.69. The Labute approximate surface area is 110 Å². The van der Waals surface area contributed by atoms with Crippen LogP contribution in [-0.4, -0.2) is 27.3 Å². The van der Waals surface area contributed by atoms with E-state index < -0.39 is 15.3 Å². The highest BCUT2D eigenvalue weighted by Gasteiger charge is 2.19. The lowest BCUT2D eigenvalue weighted by molar-refractivity contribution is 0.584. The largest absolute Gasteiger partial charge is 0.318 e. The molecular weight excluding hydrogens is 248 g/mol. The summed E-state index contributed by atoms with van der Waals surface area (Å²) in [6, 6.07) is 7.55. The van der Waals surface area contributed by atoms with Gasteiger partial charge in [0.1, 0.15) is 0 Å². The zero-order chi connectivity index (χ0) is 13.6. The van der Waals surface area contributed by atoms with Crippen LogP contribution in [0.4, 0.5) is 5.69 Å². The van der Waals surface area contributed by atoms with E-state index >= 15 is 0 Å². The summed E-state index contributed by atoms with van der Waals surface area (Å²) >= 11 is 0. The molecule has 1 atom stereocenters. The molecule has 5 heteroatoms. The molecule has 2 N–H and O–H groups in total. The van der Waals surface area contributed by atoms with Crippen molar-refractivity contribution in [1.82, 2.24) is 5.32 Å². The van der Waals surface area contributed by atoms with Crippen molar-refractivity contribution in [1.29, 1.82) is 0 Å². The van der Waals surface area contributed by atoms with Crippen LogP contribution in [0.2, 0.25) is 0 Å². The van der Waals surface area contributed by atoms with E-state index in [2.05, 4.69) is 17.0 Å². The highest BCUT2D eigenvalue weighted by molar-refractivity contribution is 7.93. The van der Waals surface area contributed by atoms with E-state index in [9.17, 15) is 8.42 Å². The van der Waals surface area contributed by atoms with Gasteiger partial charge in [0.25, 0.3) is 0 Å². The minimum atomic E-state index is -3.31. The van der Waals surface area contributed by atoms with Gasteiger partial charge in [-0.15, -0.1) is 0 Å². The molecule has 0 heterocycles. The van der Waals surface area contributed by atoms with Gasteiger partial charge < -0.3 is 5.32 Å². The molecule has 0 aliphatic carbocycles. The van der Waals surface area contributed by atoms with E-state index in [1.54, 1.807) is 14.0 Å². The van der Waals surface area contributed by atoms with Crippen molar-refractivity contribution < 1.29 is 8.42 Å². The summed E-state index contributed by atoms with van der Waals surface area (Å²) in [6.45, 7) is 4.24. The molecule has 0 fully saturated rings. The monoisotopic (exact) mass is 270 g/mol. The van der Waals surface area contributed by atoms with E-state index in [0.717, 1.165) is 12.8 Å². The molecule has 102 valence electrons. The van der Waals surface area contributed by atoms with Gasteiger partial charge in [-0.25, -0.2) is 8.42 Å². The first-order valence-corrected chi connectivity index (χ1v) is 7.79. The molecule has 0 aliphatic heterocycles. The van der Waals surface area contributed by atoms with Crippen molar-refractivity contribution in [2.75, 3.05) is 18.3 Å². The maximum Gasteiger partial charge on any atom is 0.236 e. The lowest BCUT2D eigenvalue weighted by Gasteiger charge is -2.14. The first-order chi connectivity index (χ1) is 8.49. The van der Waals surface area contributed by atoms with Crippen molar-refractivity contribution in [3.05, 3.63) is 29.8 Å². The van der Waals surface area contributed by atoms with E-state index in [0.29, 0.717) is 12.2 Å². The molecule has 1 aromatic carbocycles. The zero-order valence-electron chi connectivity index (χ0n) is 11.2. The molecule has 1 unspecified atom stereocenters. The molecule has 1 aromatic rings. The summed E-state index contributed by atoms with van der Waals surface area (Å²) in [5, 5.41) is 2.41. The van der Waals surface area contributed by atoms with Gasteiger partial charge in [0, 0.05) is 12.2 Å². The summed E-state index contributed by atoms with van der Waals surface area (Å²) < 4.78 is 26.5. The standard InChI is InChI=1S/C13H22N2O2S/c1-4-5-12-6-8-13(9-7-12)15-18(16,17)11(2)10-14-3/h6-9,11,14-15H,4-5,10H2,1-3H3. The van der Waals surface area contributed by atoms with Crippen LogP contribution in [0.25, 0.3) is 0 Å². The van der Waals surface area contributed by atoms with E-state index in [1.807, 2.05) is 24.3 Å². The molecule has 0 saturated carbocycles. The highest BCUT2D eigenvalue weighted by Crippen LogP contribution is 2.14. The predicted molar refractivity (Wildman–Crippen MR) is 76.4 cm³/mol. The number of benzene rings is 1.